The van der Waals surface area contributed by atoms with Crippen molar-refractivity contribution >= 4 is 34.8 Å². The first kappa shape index (κ1) is 8.39. The Hall–Kier alpha value is 0.0800. The molecule has 0 N–H and O–H groups in total. The van der Waals surface area contributed by atoms with E-state index in [9.17, 15) is 0 Å². The number of nitrogens with zero attached hydrogens (tertiary/aromatic N) is 1. The SMILES string of the molecule is Clc1onc2c1CC1C(C2)C1(Cl)Cl. The van der Waals surface area contributed by atoms with Gasteiger partial charge in [-0.3, -0.25) is 0 Å². The fourth-order valence-electron chi connectivity index (χ4n) is 2.12. The molecule has 0 amide bonds. The van der Waals surface area contributed by atoms with E-state index in [2.05, 4.69) is 5.16 Å². The lowest BCUT2D eigenvalue weighted by molar-refractivity contribution is 0.412. The van der Waals surface area contributed by atoms with Gasteiger partial charge in [-0.05, 0) is 24.4 Å². The molecule has 0 aliphatic heterocycles. The quantitative estimate of drug-likeness (QED) is 0.650. The Morgan fingerprint density at radius 3 is 2.77 bits per heavy atom. The number of aromatic nitrogens is 1. The van der Waals surface area contributed by atoms with Crippen LogP contribution in [0.4, 0.5) is 0 Å². The number of hydrogen-bond donors (Lipinski definition) is 0. The summed E-state index contributed by atoms with van der Waals surface area (Å²) in [7, 11) is 0. The van der Waals surface area contributed by atoms with Crippen molar-refractivity contribution in [3.63, 3.8) is 0 Å². The molecule has 1 aromatic heterocycles. The van der Waals surface area contributed by atoms with Gasteiger partial charge in [0.15, 0.2) is 0 Å². The minimum Gasteiger partial charge on any atom is -0.344 e. The molecule has 0 radical (unpaired) electrons. The Kier molecular flexibility index (Phi) is 1.52. The van der Waals surface area contributed by atoms with Crippen LogP contribution in [0.2, 0.25) is 5.22 Å². The third-order valence-corrected chi connectivity index (χ3v) is 4.44. The molecule has 0 spiro atoms. The highest BCUT2D eigenvalue weighted by atomic mass is 35.5. The van der Waals surface area contributed by atoms with E-state index >= 15 is 0 Å². The molecule has 2 aliphatic carbocycles. The average Bonchev–Trinajstić information content (AvgIpc) is 2.46. The first-order chi connectivity index (χ1) is 6.10. The summed E-state index contributed by atoms with van der Waals surface area (Å²) < 4.78 is 4.33. The van der Waals surface area contributed by atoms with Crippen molar-refractivity contribution in [2.75, 3.05) is 0 Å². The van der Waals surface area contributed by atoms with Crippen LogP contribution in [0.1, 0.15) is 11.3 Å². The summed E-state index contributed by atoms with van der Waals surface area (Å²) in [5.41, 5.74) is 1.92. The smallest absolute Gasteiger partial charge is 0.229 e. The average molecular weight is 239 g/mol. The molecule has 1 heterocycles. The van der Waals surface area contributed by atoms with Crippen LogP contribution in [0.5, 0.6) is 0 Å². The molecule has 2 aliphatic rings. The second-order valence-electron chi connectivity index (χ2n) is 3.68. The Balaban J connectivity index is 2.00. The molecular weight excluding hydrogens is 232 g/mol. The van der Waals surface area contributed by atoms with Crippen LogP contribution in [0, 0.1) is 11.8 Å². The topological polar surface area (TPSA) is 26.0 Å². The van der Waals surface area contributed by atoms with E-state index in [0.717, 1.165) is 24.1 Å². The van der Waals surface area contributed by atoms with Crippen molar-refractivity contribution in [3.8, 4) is 0 Å². The zero-order valence-corrected chi connectivity index (χ0v) is 8.83. The van der Waals surface area contributed by atoms with Gasteiger partial charge in [0.1, 0.15) is 4.33 Å². The lowest BCUT2D eigenvalue weighted by atomic mass is 9.99. The Labute approximate surface area is 90.1 Å². The number of fused-ring (bicyclic) bond motifs is 2. The highest BCUT2D eigenvalue weighted by Crippen LogP contribution is 2.64. The lowest BCUT2D eigenvalue weighted by Gasteiger charge is -2.04. The van der Waals surface area contributed by atoms with Gasteiger partial charge in [0.2, 0.25) is 5.22 Å². The third kappa shape index (κ3) is 0.997. The number of rotatable bonds is 0. The first-order valence-corrected chi connectivity index (χ1v) is 5.25. The minimum absolute atomic E-state index is 0.334. The van der Waals surface area contributed by atoms with Crippen molar-refractivity contribution in [2.24, 2.45) is 11.8 Å². The van der Waals surface area contributed by atoms with Crippen LogP contribution >= 0.6 is 34.8 Å². The second-order valence-corrected chi connectivity index (χ2v) is 5.46. The van der Waals surface area contributed by atoms with Crippen LogP contribution in [-0.4, -0.2) is 9.49 Å². The number of halogens is 3. The summed E-state index contributed by atoms with van der Waals surface area (Å²) in [4.78, 5) is 0. The molecule has 2 nitrogen and oxygen atoms in total. The molecule has 3 rings (SSSR count). The number of hydrogen-bond acceptors (Lipinski definition) is 2. The van der Waals surface area contributed by atoms with Crippen LogP contribution in [0.25, 0.3) is 0 Å². The molecule has 0 aromatic carbocycles. The fraction of sp³-hybridized carbons (Fsp3) is 0.625. The Bertz CT molecular complexity index is 373. The molecule has 13 heavy (non-hydrogen) atoms. The van der Waals surface area contributed by atoms with E-state index in [4.69, 9.17) is 39.3 Å². The van der Waals surface area contributed by atoms with E-state index in [1.165, 1.54) is 0 Å². The zero-order valence-electron chi connectivity index (χ0n) is 6.56. The van der Waals surface area contributed by atoms with Gasteiger partial charge in [-0.15, -0.1) is 23.2 Å². The first-order valence-electron chi connectivity index (χ1n) is 4.11. The summed E-state index contributed by atoms with van der Waals surface area (Å²) in [5.74, 6) is 0.671. The summed E-state index contributed by atoms with van der Waals surface area (Å²) in [5, 5.41) is 4.27. The maximum atomic E-state index is 6.08. The highest BCUT2D eigenvalue weighted by Gasteiger charge is 2.64. The molecule has 1 aromatic rings. The molecule has 0 saturated heterocycles. The van der Waals surface area contributed by atoms with E-state index in [1.807, 2.05) is 0 Å². The van der Waals surface area contributed by atoms with Gasteiger partial charge < -0.3 is 4.52 Å². The molecule has 0 bridgehead atoms. The normalized spacial score (nSPS) is 33.8. The second kappa shape index (κ2) is 2.36. The molecule has 1 fully saturated rings. The van der Waals surface area contributed by atoms with Gasteiger partial charge in [-0.25, -0.2) is 0 Å². The lowest BCUT2D eigenvalue weighted by Crippen LogP contribution is -2.03. The van der Waals surface area contributed by atoms with Crippen LogP contribution in [0.3, 0.4) is 0 Å². The van der Waals surface area contributed by atoms with Crippen molar-refractivity contribution in [3.05, 3.63) is 16.5 Å². The van der Waals surface area contributed by atoms with Crippen LogP contribution < -0.4 is 0 Å². The monoisotopic (exact) mass is 237 g/mol. The Morgan fingerprint density at radius 1 is 1.31 bits per heavy atom. The minimum atomic E-state index is -0.559. The van der Waals surface area contributed by atoms with E-state index in [1.54, 1.807) is 0 Å². The highest BCUT2D eigenvalue weighted by molar-refractivity contribution is 6.51. The van der Waals surface area contributed by atoms with Gasteiger partial charge in [0.25, 0.3) is 0 Å². The van der Waals surface area contributed by atoms with Gasteiger partial charge in [0.05, 0.1) is 5.69 Å². The van der Waals surface area contributed by atoms with E-state index in [-0.39, 0.29) is 0 Å². The zero-order chi connectivity index (χ0) is 9.22. The van der Waals surface area contributed by atoms with Gasteiger partial charge in [-0.1, -0.05) is 5.16 Å². The van der Waals surface area contributed by atoms with E-state index in [0.29, 0.717) is 17.1 Å². The predicted octanol–water partition coefficient (Wildman–Crippen LogP) is 2.85. The van der Waals surface area contributed by atoms with E-state index < -0.39 is 4.33 Å². The molecule has 5 heteroatoms. The predicted molar refractivity (Wildman–Crippen MR) is 50.3 cm³/mol. The number of alkyl halides is 2. The third-order valence-electron chi connectivity index (χ3n) is 3.02. The Morgan fingerprint density at radius 2 is 2.00 bits per heavy atom. The maximum absolute atomic E-state index is 6.08. The fourth-order valence-corrected chi connectivity index (χ4v) is 3.13. The molecule has 1 saturated carbocycles. The molecule has 70 valence electrons. The summed E-state index contributed by atoms with van der Waals surface area (Å²) in [6.07, 6.45) is 1.60. The molecular formula is C8H6Cl3NO. The summed E-state index contributed by atoms with van der Waals surface area (Å²) in [6, 6.07) is 0. The molecule has 2 unspecified atom stereocenters. The molecule has 2 atom stereocenters. The summed E-state index contributed by atoms with van der Waals surface area (Å²) in [6.45, 7) is 0. The van der Waals surface area contributed by atoms with Crippen LogP contribution in [0.15, 0.2) is 4.52 Å². The largest absolute Gasteiger partial charge is 0.344 e. The van der Waals surface area contributed by atoms with Gasteiger partial charge >= 0.3 is 0 Å². The van der Waals surface area contributed by atoms with Gasteiger partial charge in [0, 0.05) is 17.4 Å². The van der Waals surface area contributed by atoms with Crippen molar-refractivity contribution < 1.29 is 4.52 Å². The standard InChI is InChI=1S/C8H6Cl3NO/c9-7-3-1-4-5(8(4,10)11)2-6(3)12-13-7/h4-5H,1-2H2. The van der Waals surface area contributed by atoms with Crippen molar-refractivity contribution in [2.45, 2.75) is 17.2 Å². The van der Waals surface area contributed by atoms with Gasteiger partial charge in [-0.2, -0.15) is 0 Å². The summed E-state index contributed by atoms with van der Waals surface area (Å²) >= 11 is 18.0. The van der Waals surface area contributed by atoms with Crippen molar-refractivity contribution in [1.29, 1.82) is 0 Å². The van der Waals surface area contributed by atoms with Crippen molar-refractivity contribution in [1.82, 2.24) is 5.16 Å². The maximum Gasteiger partial charge on any atom is 0.229 e. The van der Waals surface area contributed by atoms with Crippen LogP contribution in [-0.2, 0) is 12.8 Å².